The van der Waals surface area contributed by atoms with E-state index in [1.165, 1.54) is 49.4 Å². The Labute approximate surface area is 136 Å². The first-order valence-corrected chi connectivity index (χ1v) is 6.94. The van der Waals surface area contributed by atoms with Gasteiger partial charge in [-0.2, -0.15) is 13.2 Å². The molecule has 2 aromatic rings. The molecule has 3 nitrogen and oxygen atoms in total. The van der Waals surface area contributed by atoms with Gasteiger partial charge >= 0.3 is 12.1 Å². The lowest BCUT2D eigenvalue weighted by atomic mass is 10.1. The molecule has 2 rings (SSSR count). The fraction of sp³-hybridized carbons (Fsp3) is 0.111. The Morgan fingerprint density at radius 2 is 1.71 bits per heavy atom. The molecule has 0 aliphatic heterocycles. The number of ether oxygens (including phenoxy) is 1. The van der Waals surface area contributed by atoms with Crippen LogP contribution in [0.4, 0.5) is 13.2 Å². The predicted molar refractivity (Wildman–Crippen MR) is 82.6 cm³/mol. The third-order valence-corrected chi connectivity index (χ3v) is 3.11. The molecule has 0 amide bonds. The molecule has 6 heteroatoms. The van der Waals surface area contributed by atoms with Crippen LogP contribution in [0.25, 0.3) is 6.08 Å². The molecule has 0 saturated heterocycles. The van der Waals surface area contributed by atoms with Crippen LogP contribution in [0.5, 0.6) is 5.75 Å². The van der Waals surface area contributed by atoms with E-state index in [1.807, 2.05) is 0 Å². The third-order valence-electron chi connectivity index (χ3n) is 3.11. The molecule has 0 aliphatic carbocycles. The van der Waals surface area contributed by atoms with Gasteiger partial charge in [-0.05, 0) is 55.0 Å². The van der Waals surface area contributed by atoms with Gasteiger partial charge in [-0.3, -0.25) is 4.79 Å². The lowest BCUT2D eigenvalue weighted by Crippen LogP contribution is -2.05. The van der Waals surface area contributed by atoms with Gasteiger partial charge in [-0.25, -0.2) is 4.79 Å². The summed E-state index contributed by atoms with van der Waals surface area (Å²) < 4.78 is 42.8. The SMILES string of the molecule is CC(=O)c1ccc(OC(=O)/C=C/c2cccc(C(F)(F)F)c2)cc1. The number of alkyl halides is 3. The highest BCUT2D eigenvalue weighted by Crippen LogP contribution is 2.29. The van der Waals surface area contributed by atoms with E-state index in [1.54, 1.807) is 0 Å². The minimum Gasteiger partial charge on any atom is -0.423 e. The zero-order chi connectivity index (χ0) is 17.7. The molecule has 0 aliphatic rings. The Balaban J connectivity index is 2.04. The van der Waals surface area contributed by atoms with Gasteiger partial charge in [0.05, 0.1) is 5.56 Å². The highest BCUT2D eigenvalue weighted by Gasteiger charge is 2.30. The van der Waals surface area contributed by atoms with Crippen LogP contribution in [-0.2, 0) is 11.0 Å². The highest BCUT2D eigenvalue weighted by molar-refractivity contribution is 5.94. The first kappa shape index (κ1) is 17.5. The van der Waals surface area contributed by atoms with E-state index in [4.69, 9.17) is 4.74 Å². The molecule has 0 saturated carbocycles. The molecule has 0 aromatic heterocycles. The Kier molecular flexibility index (Phi) is 5.18. The Bertz CT molecular complexity index is 775. The molecular weight excluding hydrogens is 321 g/mol. The summed E-state index contributed by atoms with van der Waals surface area (Å²) in [5, 5.41) is 0. The van der Waals surface area contributed by atoms with E-state index in [2.05, 4.69) is 0 Å². The summed E-state index contributed by atoms with van der Waals surface area (Å²) in [6.45, 7) is 1.42. The number of hydrogen-bond acceptors (Lipinski definition) is 3. The van der Waals surface area contributed by atoms with Crippen LogP contribution in [0.3, 0.4) is 0 Å². The summed E-state index contributed by atoms with van der Waals surface area (Å²) in [7, 11) is 0. The molecular formula is C18H13F3O3. The summed E-state index contributed by atoms with van der Waals surface area (Å²) in [5.41, 5.74) is -0.0825. The van der Waals surface area contributed by atoms with Crippen molar-refractivity contribution in [3.63, 3.8) is 0 Å². The molecule has 0 bridgehead atoms. The van der Waals surface area contributed by atoms with Crippen LogP contribution in [0, 0.1) is 0 Å². The fourth-order valence-electron chi connectivity index (χ4n) is 1.89. The second-order valence-electron chi connectivity index (χ2n) is 4.96. The van der Waals surface area contributed by atoms with Crippen molar-refractivity contribution in [3.8, 4) is 5.75 Å². The Morgan fingerprint density at radius 3 is 2.29 bits per heavy atom. The van der Waals surface area contributed by atoms with Gasteiger partial charge < -0.3 is 4.74 Å². The van der Waals surface area contributed by atoms with Crippen LogP contribution in [0.1, 0.15) is 28.4 Å². The minimum absolute atomic E-state index is 0.114. The maximum Gasteiger partial charge on any atom is 0.416 e. The van der Waals surface area contributed by atoms with E-state index >= 15 is 0 Å². The van der Waals surface area contributed by atoms with Crippen LogP contribution >= 0.6 is 0 Å². The largest absolute Gasteiger partial charge is 0.423 e. The topological polar surface area (TPSA) is 43.4 Å². The maximum absolute atomic E-state index is 12.6. The first-order chi connectivity index (χ1) is 11.3. The van der Waals surface area contributed by atoms with E-state index in [0.29, 0.717) is 5.56 Å². The quantitative estimate of drug-likeness (QED) is 0.357. The molecule has 0 spiro atoms. The number of benzene rings is 2. The summed E-state index contributed by atoms with van der Waals surface area (Å²) in [6, 6.07) is 10.6. The van der Waals surface area contributed by atoms with Crippen molar-refractivity contribution in [1.29, 1.82) is 0 Å². The predicted octanol–water partition coefficient (Wildman–Crippen LogP) is 4.53. The average Bonchev–Trinajstić information content (AvgIpc) is 2.53. The summed E-state index contributed by atoms with van der Waals surface area (Å²) in [5.74, 6) is -0.612. The number of hydrogen-bond donors (Lipinski definition) is 0. The van der Waals surface area contributed by atoms with Crippen LogP contribution < -0.4 is 4.74 Å². The zero-order valence-corrected chi connectivity index (χ0v) is 12.6. The molecule has 0 fully saturated rings. The lowest BCUT2D eigenvalue weighted by Gasteiger charge is -2.06. The van der Waals surface area contributed by atoms with Crippen molar-refractivity contribution < 1.29 is 27.5 Å². The second-order valence-corrected chi connectivity index (χ2v) is 4.96. The van der Waals surface area contributed by atoms with Gasteiger partial charge in [0.15, 0.2) is 5.78 Å². The van der Waals surface area contributed by atoms with Gasteiger partial charge in [0.1, 0.15) is 5.75 Å². The van der Waals surface area contributed by atoms with Crippen molar-refractivity contribution in [1.82, 2.24) is 0 Å². The Hall–Kier alpha value is -2.89. The zero-order valence-electron chi connectivity index (χ0n) is 12.6. The molecule has 0 heterocycles. The normalized spacial score (nSPS) is 11.5. The second kappa shape index (κ2) is 7.12. The van der Waals surface area contributed by atoms with Crippen molar-refractivity contribution in [3.05, 3.63) is 71.3 Å². The van der Waals surface area contributed by atoms with Crippen molar-refractivity contribution >= 4 is 17.8 Å². The summed E-state index contributed by atoms with van der Waals surface area (Å²) >= 11 is 0. The lowest BCUT2D eigenvalue weighted by molar-refractivity contribution is -0.137. The maximum atomic E-state index is 12.6. The summed E-state index contributed by atoms with van der Waals surface area (Å²) in [4.78, 5) is 22.8. The molecule has 0 atom stereocenters. The van der Waals surface area contributed by atoms with Crippen LogP contribution in [0.15, 0.2) is 54.6 Å². The molecule has 24 heavy (non-hydrogen) atoms. The van der Waals surface area contributed by atoms with Crippen molar-refractivity contribution in [2.45, 2.75) is 13.1 Å². The van der Waals surface area contributed by atoms with Gasteiger partial charge in [0.25, 0.3) is 0 Å². The van der Waals surface area contributed by atoms with E-state index < -0.39 is 17.7 Å². The standard InChI is InChI=1S/C18H13F3O3/c1-12(22)14-6-8-16(9-7-14)24-17(23)10-5-13-3-2-4-15(11-13)18(19,20)21/h2-11H,1H3/b10-5+. The van der Waals surface area contributed by atoms with Crippen molar-refractivity contribution in [2.24, 2.45) is 0 Å². The first-order valence-electron chi connectivity index (χ1n) is 6.94. The van der Waals surface area contributed by atoms with Crippen molar-refractivity contribution in [2.75, 3.05) is 0 Å². The highest BCUT2D eigenvalue weighted by atomic mass is 19.4. The Morgan fingerprint density at radius 1 is 1.04 bits per heavy atom. The molecule has 0 radical (unpaired) electrons. The molecule has 124 valence electrons. The van der Waals surface area contributed by atoms with Gasteiger partial charge in [0, 0.05) is 11.6 Å². The fourth-order valence-corrected chi connectivity index (χ4v) is 1.89. The molecule has 0 unspecified atom stereocenters. The third kappa shape index (κ3) is 4.81. The van der Waals surface area contributed by atoms with E-state index in [0.717, 1.165) is 18.2 Å². The monoisotopic (exact) mass is 334 g/mol. The van der Waals surface area contributed by atoms with Crippen LogP contribution in [-0.4, -0.2) is 11.8 Å². The number of esters is 1. The number of ketones is 1. The summed E-state index contributed by atoms with van der Waals surface area (Å²) in [6.07, 6.45) is -2.17. The van der Waals surface area contributed by atoms with Gasteiger partial charge in [-0.15, -0.1) is 0 Å². The number of carbonyl (C=O) groups is 2. The smallest absolute Gasteiger partial charge is 0.416 e. The van der Waals surface area contributed by atoms with E-state index in [-0.39, 0.29) is 17.1 Å². The number of carbonyl (C=O) groups excluding carboxylic acids is 2. The number of Topliss-reactive ketones (excluding diaryl/α,β-unsaturated/α-hetero) is 1. The number of halogens is 3. The minimum atomic E-state index is -4.44. The average molecular weight is 334 g/mol. The van der Waals surface area contributed by atoms with E-state index in [9.17, 15) is 22.8 Å². The van der Waals surface area contributed by atoms with Gasteiger partial charge in [-0.1, -0.05) is 12.1 Å². The number of rotatable bonds is 4. The van der Waals surface area contributed by atoms with Crippen LogP contribution in [0.2, 0.25) is 0 Å². The molecule has 0 N–H and O–H groups in total. The van der Waals surface area contributed by atoms with Gasteiger partial charge in [0.2, 0.25) is 0 Å². The molecule has 2 aromatic carbocycles.